The van der Waals surface area contributed by atoms with Crippen LogP contribution in [-0.4, -0.2) is 43.4 Å². The van der Waals surface area contributed by atoms with Gasteiger partial charge in [0.1, 0.15) is 12.0 Å². The number of nitrogens with two attached hydrogens (primary N) is 1. The average Bonchev–Trinajstić information content (AvgIpc) is 2.82. The molecule has 94 valence electrons. The topological polar surface area (TPSA) is 73.5 Å². The van der Waals surface area contributed by atoms with E-state index in [0.717, 1.165) is 26.0 Å². The summed E-state index contributed by atoms with van der Waals surface area (Å²) in [6.07, 6.45) is 3.93. The zero-order chi connectivity index (χ0) is 12.3. The minimum atomic E-state index is 0.264. The largest absolute Gasteiger partial charge is 0.479 e. The van der Waals surface area contributed by atoms with Crippen molar-refractivity contribution in [2.24, 2.45) is 0 Å². The van der Waals surface area contributed by atoms with Gasteiger partial charge in [-0.25, -0.2) is 4.98 Å². The molecule has 2 rings (SSSR count). The quantitative estimate of drug-likeness (QED) is 0.831. The van der Waals surface area contributed by atoms with Gasteiger partial charge in [-0.3, -0.25) is 0 Å². The third-order valence-electron chi connectivity index (χ3n) is 2.88. The molecule has 2 heterocycles. The Morgan fingerprint density at radius 1 is 1.59 bits per heavy atom. The second-order valence-corrected chi connectivity index (χ2v) is 4.14. The number of aromatic nitrogens is 2. The highest BCUT2D eigenvalue weighted by atomic mass is 16.5. The van der Waals surface area contributed by atoms with Crippen molar-refractivity contribution < 1.29 is 9.47 Å². The second-order valence-electron chi connectivity index (χ2n) is 4.14. The van der Waals surface area contributed by atoms with E-state index in [1.54, 1.807) is 7.11 Å². The van der Waals surface area contributed by atoms with E-state index in [4.69, 9.17) is 15.2 Å². The Morgan fingerprint density at radius 2 is 2.41 bits per heavy atom. The Balaban J connectivity index is 2.09. The molecule has 0 spiro atoms. The van der Waals surface area contributed by atoms with Gasteiger partial charge in [0.2, 0.25) is 5.88 Å². The molecule has 1 atom stereocenters. The van der Waals surface area contributed by atoms with E-state index >= 15 is 0 Å². The minimum Gasteiger partial charge on any atom is -0.479 e. The van der Waals surface area contributed by atoms with Crippen molar-refractivity contribution in [1.82, 2.24) is 9.97 Å². The monoisotopic (exact) mass is 238 g/mol. The molecule has 0 saturated carbocycles. The van der Waals surface area contributed by atoms with Gasteiger partial charge in [0.25, 0.3) is 0 Å². The van der Waals surface area contributed by atoms with Crippen LogP contribution in [0.5, 0.6) is 5.88 Å². The number of rotatable bonds is 4. The minimum absolute atomic E-state index is 0.264. The SMILES string of the molecule is COc1ncnc(N(C)CC2CCCO2)c1N. The van der Waals surface area contributed by atoms with E-state index in [0.29, 0.717) is 17.4 Å². The summed E-state index contributed by atoms with van der Waals surface area (Å²) in [6.45, 7) is 1.63. The third kappa shape index (κ3) is 2.58. The molecular weight excluding hydrogens is 220 g/mol. The average molecular weight is 238 g/mol. The summed E-state index contributed by atoms with van der Waals surface area (Å²) in [5, 5.41) is 0. The van der Waals surface area contributed by atoms with Gasteiger partial charge >= 0.3 is 0 Å². The summed E-state index contributed by atoms with van der Waals surface area (Å²) in [6, 6.07) is 0. The zero-order valence-corrected chi connectivity index (χ0v) is 10.2. The molecule has 6 heteroatoms. The summed E-state index contributed by atoms with van der Waals surface area (Å²) < 4.78 is 10.7. The molecule has 1 unspecified atom stereocenters. The normalized spacial score (nSPS) is 19.3. The van der Waals surface area contributed by atoms with Crippen molar-refractivity contribution in [3.63, 3.8) is 0 Å². The Kier molecular flexibility index (Phi) is 3.63. The van der Waals surface area contributed by atoms with E-state index in [1.165, 1.54) is 6.33 Å². The van der Waals surface area contributed by atoms with E-state index in [2.05, 4.69) is 9.97 Å². The van der Waals surface area contributed by atoms with Crippen molar-refractivity contribution in [2.75, 3.05) is 37.9 Å². The van der Waals surface area contributed by atoms with Crippen LogP contribution in [0.2, 0.25) is 0 Å². The Morgan fingerprint density at radius 3 is 3.06 bits per heavy atom. The predicted octanol–water partition coefficient (Wildman–Crippen LogP) is 0.683. The van der Waals surface area contributed by atoms with E-state index < -0.39 is 0 Å². The van der Waals surface area contributed by atoms with Crippen molar-refractivity contribution in [2.45, 2.75) is 18.9 Å². The standard InChI is InChI=1S/C11H18N4O2/c1-15(6-8-4-3-5-17-8)10-9(12)11(16-2)14-7-13-10/h7-8H,3-6,12H2,1-2H3. The van der Waals surface area contributed by atoms with Crippen LogP contribution in [0.15, 0.2) is 6.33 Å². The molecule has 2 N–H and O–H groups in total. The van der Waals surface area contributed by atoms with Gasteiger partial charge in [-0.1, -0.05) is 0 Å². The number of nitrogens with zero attached hydrogens (tertiary/aromatic N) is 3. The Labute approximate surface area is 101 Å². The predicted molar refractivity (Wildman–Crippen MR) is 65.2 cm³/mol. The molecule has 1 fully saturated rings. The molecule has 0 bridgehead atoms. The smallest absolute Gasteiger partial charge is 0.242 e. The molecule has 1 aliphatic rings. The fraction of sp³-hybridized carbons (Fsp3) is 0.636. The van der Waals surface area contributed by atoms with E-state index in [1.807, 2.05) is 11.9 Å². The van der Waals surface area contributed by atoms with E-state index in [9.17, 15) is 0 Å². The second kappa shape index (κ2) is 5.18. The van der Waals surface area contributed by atoms with Crippen molar-refractivity contribution in [3.8, 4) is 5.88 Å². The molecule has 0 radical (unpaired) electrons. The lowest BCUT2D eigenvalue weighted by molar-refractivity contribution is 0.116. The van der Waals surface area contributed by atoms with Crippen LogP contribution in [0.25, 0.3) is 0 Å². The highest BCUT2D eigenvalue weighted by Gasteiger charge is 2.20. The van der Waals surface area contributed by atoms with E-state index in [-0.39, 0.29) is 6.10 Å². The maximum absolute atomic E-state index is 5.94. The molecule has 0 amide bonds. The first-order valence-corrected chi connectivity index (χ1v) is 5.69. The maximum atomic E-state index is 5.94. The molecule has 17 heavy (non-hydrogen) atoms. The van der Waals surface area contributed by atoms with Crippen LogP contribution >= 0.6 is 0 Å². The molecule has 1 aliphatic heterocycles. The first kappa shape index (κ1) is 11.9. The van der Waals surface area contributed by atoms with Gasteiger partial charge in [-0.15, -0.1) is 0 Å². The fourth-order valence-electron chi connectivity index (χ4n) is 2.02. The van der Waals surface area contributed by atoms with Crippen LogP contribution in [0.4, 0.5) is 11.5 Å². The number of methoxy groups -OCH3 is 1. The summed E-state index contributed by atoms with van der Waals surface area (Å²) in [7, 11) is 3.49. The number of hydrogen-bond acceptors (Lipinski definition) is 6. The maximum Gasteiger partial charge on any atom is 0.242 e. The van der Waals surface area contributed by atoms with Gasteiger partial charge < -0.3 is 20.1 Å². The van der Waals surface area contributed by atoms with Crippen LogP contribution < -0.4 is 15.4 Å². The first-order chi connectivity index (χ1) is 8.22. The van der Waals surface area contributed by atoms with Crippen molar-refractivity contribution >= 4 is 11.5 Å². The summed E-state index contributed by atoms with van der Waals surface area (Å²) in [5.74, 6) is 1.10. The lowest BCUT2D eigenvalue weighted by Gasteiger charge is -2.23. The fourth-order valence-corrected chi connectivity index (χ4v) is 2.02. The highest BCUT2D eigenvalue weighted by molar-refractivity contribution is 5.67. The lowest BCUT2D eigenvalue weighted by Crippen LogP contribution is -2.30. The number of hydrogen-bond donors (Lipinski definition) is 1. The number of nitrogen functional groups attached to an aromatic ring is 1. The number of anilines is 2. The summed E-state index contributed by atoms with van der Waals surface area (Å²) in [4.78, 5) is 10.1. The molecule has 1 aromatic heterocycles. The van der Waals surface area contributed by atoms with Crippen molar-refractivity contribution in [1.29, 1.82) is 0 Å². The molecular formula is C11H18N4O2. The third-order valence-corrected chi connectivity index (χ3v) is 2.88. The number of likely N-dealkylation sites (N-methyl/N-ethyl adjacent to an activating group) is 1. The molecule has 0 aromatic carbocycles. The lowest BCUT2D eigenvalue weighted by atomic mass is 10.2. The summed E-state index contributed by atoms with van der Waals surface area (Å²) >= 11 is 0. The van der Waals surface area contributed by atoms with Crippen LogP contribution in [0.3, 0.4) is 0 Å². The van der Waals surface area contributed by atoms with Crippen LogP contribution in [0.1, 0.15) is 12.8 Å². The van der Waals surface area contributed by atoms with Gasteiger partial charge in [-0.2, -0.15) is 4.98 Å². The number of ether oxygens (including phenoxy) is 2. The molecule has 1 aromatic rings. The Bertz CT molecular complexity index is 380. The molecule has 0 aliphatic carbocycles. The van der Waals surface area contributed by atoms with Gasteiger partial charge in [-0.05, 0) is 12.8 Å². The van der Waals surface area contributed by atoms with Crippen LogP contribution in [0, 0.1) is 0 Å². The van der Waals surface area contributed by atoms with Gasteiger partial charge in [0, 0.05) is 20.2 Å². The summed E-state index contributed by atoms with van der Waals surface area (Å²) in [5.41, 5.74) is 6.40. The molecule has 1 saturated heterocycles. The van der Waals surface area contributed by atoms with Crippen molar-refractivity contribution in [3.05, 3.63) is 6.33 Å². The highest BCUT2D eigenvalue weighted by Crippen LogP contribution is 2.27. The zero-order valence-electron chi connectivity index (χ0n) is 10.2. The Hall–Kier alpha value is -1.56. The first-order valence-electron chi connectivity index (χ1n) is 5.69. The van der Waals surface area contributed by atoms with Gasteiger partial charge in [0.15, 0.2) is 5.82 Å². The van der Waals surface area contributed by atoms with Gasteiger partial charge in [0.05, 0.1) is 13.2 Å². The van der Waals surface area contributed by atoms with Crippen LogP contribution in [-0.2, 0) is 4.74 Å². The molecule has 6 nitrogen and oxygen atoms in total.